The fourth-order valence-electron chi connectivity index (χ4n) is 7.67. The second kappa shape index (κ2) is 9.20. The summed E-state index contributed by atoms with van der Waals surface area (Å²) >= 11 is 0. The molecule has 4 aliphatic rings. The third-order valence-electron chi connectivity index (χ3n) is 10.5. The van der Waals surface area contributed by atoms with E-state index in [-0.39, 0.29) is 0 Å². The van der Waals surface area contributed by atoms with Crippen LogP contribution in [0.4, 0.5) is 0 Å². The first-order chi connectivity index (χ1) is 20.7. The topological polar surface area (TPSA) is 51.5 Å². The molecule has 1 fully saturated rings. The second-order valence-corrected chi connectivity index (χ2v) is 13.3. The Labute approximate surface area is 254 Å². The zero-order valence-corrected chi connectivity index (χ0v) is 25.2. The van der Waals surface area contributed by atoms with E-state index in [2.05, 4.69) is 94.4 Å². The molecule has 0 amide bonds. The highest BCUT2D eigenvalue weighted by molar-refractivity contribution is 6.62. The summed E-state index contributed by atoms with van der Waals surface area (Å²) in [6.45, 7) is 8.40. The summed E-state index contributed by atoms with van der Waals surface area (Å²) in [5.74, 6) is 1.75. The third-order valence-corrected chi connectivity index (χ3v) is 10.5. The molecule has 1 unspecified atom stereocenters. The van der Waals surface area contributed by atoms with E-state index in [9.17, 15) is 5.26 Å². The maximum absolute atomic E-state index is 9.40. The van der Waals surface area contributed by atoms with Gasteiger partial charge >= 0.3 is 7.12 Å². The predicted molar refractivity (Wildman–Crippen MR) is 171 cm³/mol. The number of rotatable bonds is 2. The number of nitrogens with zero attached hydrogens (tertiary/aromatic N) is 1. The van der Waals surface area contributed by atoms with Crippen LogP contribution in [0.25, 0.3) is 16.7 Å². The zero-order valence-electron chi connectivity index (χ0n) is 25.2. The predicted octanol–water partition coefficient (Wildman–Crippen LogP) is 8.31. The number of hydrogen-bond donors (Lipinski definition) is 0. The first-order valence-corrected chi connectivity index (χ1v) is 15.4. The van der Waals surface area contributed by atoms with Crippen LogP contribution in [0.2, 0.25) is 0 Å². The summed E-state index contributed by atoms with van der Waals surface area (Å²) in [5.41, 5.74) is 10.4. The Kier molecular flexibility index (Phi) is 5.67. The first kappa shape index (κ1) is 26.5. The highest BCUT2D eigenvalue weighted by atomic mass is 16.7. The van der Waals surface area contributed by atoms with E-state index in [1.165, 1.54) is 40.7 Å². The Balaban J connectivity index is 1.40. The van der Waals surface area contributed by atoms with Gasteiger partial charge in [-0.1, -0.05) is 66.7 Å². The molecule has 4 aromatic rings. The third kappa shape index (κ3) is 3.64. The molecule has 0 bridgehead atoms. The molecule has 4 aromatic carbocycles. The Morgan fingerprint density at radius 1 is 0.721 bits per heavy atom. The van der Waals surface area contributed by atoms with Gasteiger partial charge in [-0.2, -0.15) is 5.26 Å². The van der Waals surface area contributed by atoms with Crippen molar-refractivity contribution < 1.29 is 14.0 Å². The summed E-state index contributed by atoms with van der Waals surface area (Å²) in [4.78, 5) is 0. The van der Waals surface area contributed by atoms with Gasteiger partial charge in [-0.15, -0.1) is 0 Å². The van der Waals surface area contributed by atoms with Gasteiger partial charge in [-0.25, -0.2) is 0 Å². The molecule has 0 aromatic heterocycles. The van der Waals surface area contributed by atoms with E-state index in [4.69, 9.17) is 14.0 Å². The highest BCUT2D eigenvalue weighted by Gasteiger charge is 2.55. The number of allylic oxidation sites excluding steroid dienone is 2. The maximum Gasteiger partial charge on any atom is 0.494 e. The monoisotopic (exact) mass is 563 g/mol. The van der Waals surface area contributed by atoms with Crippen LogP contribution < -0.4 is 10.2 Å². The Morgan fingerprint density at radius 2 is 1.42 bits per heavy atom. The minimum absolute atomic E-state index is 0.427. The molecule has 2 heterocycles. The normalized spacial score (nSPS) is 22.3. The summed E-state index contributed by atoms with van der Waals surface area (Å²) < 4.78 is 20.0. The lowest BCUT2D eigenvalue weighted by atomic mass is 9.62. The lowest BCUT2D eigenvalue weighted by Crippen LogP contribution is -2.41. The van der Waals surface area contributed by atoms with Crippen molar-refractivity contribution in [3.63, 3.8) is 0 Å². The molecule has 212 valence electrons. The number of nitriles is 1. The SMILES string of the molecule is CC1(C)OB(c2ccc3c(c2)C2(C4=C(CCCC4)c4ccccc42)c2cccc(-c4ccc(C#N)cc4)c2O3)OC1(C)C. The number of ether oxygens (including phenoxy) is 1. The Hall–Kier alpha value is -4.11. The van der Waals surface area contributed by atoms with Gasteiger partial charge in [0.2, 0.25) is 0 Å². The van der Waals surface area contributed by atoms with E-state index < -0.39 is 23.7 Å². The largest absolute Gasteiger partial charge is 0.494 e. The summed E-state index contributed by atoms with van der Waals surface area (Å²) in [5, 5.41) is 9.40. The summed E-state index contributed by atoms with van der Waals surface area (Å²) in [7, 11) is -0.463. The second-order valence-electron chi connectivity index (χ2n) is 13.3. The highest BCUT2D eigenvalue weighted by Crippen LogP contribution is 2.64. The van der Waals surface area contributed by atoms with Crippen LogP contribution in [0, 0.1) is 11.3 Å². The van der Waals surface area contributed by atoms with Gasteiger partial charge in [0.05, 0.1) is 28.2 Å². The van der Waals surface area contributed by atoms with Gasteiger partial charge in [0.25, 0.3) is 0 Å². The van der Waals surface area contributed by atoms with Crippen molar-refractivity contribution in [1.29, 1.82) is 5.26 Å². The molecule has 2 aliphatic carbocycles. The molecular weight excluding hydrogens is 529 g/mol. The van der Waals surface area contributed by atoms with E-state index >= 15 is 0 Å². The molecule has 0 saturated carbocycles. The fourth-order valence-corrected chi connectivity index (χ4v) is 7.67. The van der Waals surface area contributed by atoms with Gasteiger partial charge < -0.3 is 14.0 Å². The quantitative estimate of drug-likeness (QED) is 0.230. The van der Waals surface area contributed by atoms with Crippen molar-refractivity contribution >= 4 is 18.2 Å². The molecular formula is C38H34BNO3. The lowest BCUT2D eigenvalue weighted by Gasteiger charge is -2.42. The van der Waals surface area contributed by atoms with E-state index in [0.717, 1.165) is 46.5 Å². The first-order valence-electron chi connectivity index (χ1n) is 15.4. The number of benzene rings is 4. The molecule has 2 aliphatic heterocycles. The van der Waals surface area contributed by atoms with Gasteiger partial charge in [-0.3, -0.25) is 0 Å². The van der Waals surface area contributed by atoms with Crippen LogP contribution in [0.15, 0.2) is 90.5 Å². The van der Waals surface area contributed by atoms with Crippen LogP contribution in [0.1, 0.15) is 81.2 Å². The van der Waals surface area contributed by atoms with Crippen LogP contribution in [0.3, 0.4) is 0 Å². The van der Waals surface area contributed by atoms with Crippen molar-refractivity contribution in [3.8, 4) is 28.7 Å². The smallest absolute Gasteiger partial charge is 0.456 e. The van der Waals surface area contributed by atoms with Crippen LogP contribution in [0.5, 0.6) is 11.5 Å². The van der Waals surface area contributed by atoms with Crippen LogP contribution >= 0.6 is 0 Å². The van der Waals surface area contributed by atoms with Gasteiger partial charge in [0, 0.05) is 16.7 Å². The zero-order chi connectivity index (χ0) is 29.6. The minimum Gasteiger partial charge on any atom is -0.456 e. The molecule has 4 nitrogen and oxygen atoms in total. The van der Waals surface area contributed by atoms with Crippen molar-refractivity contribution in [2.75, 3.05) is 0 Å². The molecule has 5 heteroatoms. The molecule has 1 atom stereocenters. The van der Waals surface area contributed by atoms with E-state index in [1.54, 1.807) is 0 Å². The molecule has 8 rings (SSSR count). The van der Waals surface area contributed by atoms with Crippen LogP contribution in [-0.4, -0.2) is 18.3 Å². The molecule has 1 saturated heterocycles. The van der Waals surface area contributed by atoms with Gasteiger partial charge in [-0.05, 0) is 105 Å². The van der Waals surface area contributed by atoms with Gasteiger partial charge in [0.1, 0.15) is 11.5 Å². The van der Waals surface area contributed by atoms with E-state index in [0.29, 0.717) is 5.56 Å². The Morgan fingerprint density at radius 3 is 2.19 bits per heavy atom. The average Bonchev–Trinajstić information content (AvgIpc) is 3.44. The Bertz CT molecular complexity index is 1860. The standard InChI is InChI=1S/C38H34BNO3/c1-36(2)37(3,4)43-39(42-36)26-20-21-34-33(22-26)38(30-13-7-5-10-28(30)29-11-6-8-14-31(29)38)32-15-9-12-27(35(32)41-34)25-18-16-24(23-40)17-19-25/h5,7,9-10,12-13,15-22H,6,8,11,14H2,1-4H3. The molecule has 43 heavy (non-hydrogen) atoms. The maximum atomic E-state index is 9.40. The number of fused-ring (bicyclic) bond motifs is 8. The minimum atomic E-state index is -0.475. The summed E-state index contributed by atoms with van der Waals surface area (Å²) in [6, 6.07) is 32.1. The van der Waals surface area contributed by atoms with Crippen molar-refractivity contribution in [2.24, 2.45) is 0 Å². The van der Waals surface area contributed by atoms with Crippen LogP contribution in [-0.2, 0) is 14.7 Å². The lowest BCUT2D eigenvalue weighted by molar-refractivity contribution is 0.00578. The molecule has 0 radical (unpaired) electrons. The van der Waals surface area contributed by atoms with Crippen molar-refractivity contribution in [2.45, 2.75) is 70.0 Å². The van der Waals surface area contributed by atoms with Crippen molar-refractivity contribution in [1.82, 2.24) is 0 Å². The van der Waals surface area contributed by atoms with Crippen molar-refractivity contribution in [3.05, 3.63) is 118 Å². The number of hydrogen-bond acceptors (Lipinski definition) is 4. The molecule has 0 N–H and O–H groups in total. The average molecular weight is 564 g/mol. The fraction of sp³-hybridized carbons (Fsp3) is 0.289. The van der Waals surface area contributed by atoms with Gasteiger partial charge in [0.15, 0.2) is 0 Å². The molecule has 1 spiro atoms. The summed E-state index contributed by atoms with van der Waals surface area (Å²) in [6.07, 6.45) is 4.52. The number of para-hydroxylation sites is 1. The van der Waals surface area contributed by atoms with E-state index in [1.807, 2.05) is 24.3 Å².